The second kappa shape index (κ2) is 3.86. The summed E-state index contributed by atoms with van der Waals surface area (Å²) in [5.41, 5.74) is 1.40. The SMILES string of the molecule is CCC1CCOc2ccc(I)cc21. The van der Waals surface area contributed by atoms with Gasteiger partial charge in [-0.3, -0.25) is 0 Å². The summed E-state index contributed by atoms with van der Waals surface area (Å²) in [4.78, 5) is 0. The van der Waals surface area contributed by atoms with Gasteiger partial charge in [0.1, 0.15) is 5.75 Å². The van der Waals surface area contributed by atoms with Gasteiger partial charge < -0.3 is 4.74 Å². The molecule has 1 aliphatic heterocycles. The van der Waals surface area contributed by atoms with Gasteiger partial charge in [-0.2, -0.15) is 0 Å². The van der Waals surface area contributed by atoms with Crippen LogP contribution in [0, 0.1) is 3.57 Å². The van der Waals surface area contributed by atoms with Gasteiger partial charge in [0, 0.05) is 3.57 Å². The van der Waals surface area contributed by atoms with Crippen molar-refractivity contribution < 1.29 is 4.74 Å². The lowest BCUT2D eigenvalue weighted by Crippen LogP contribution is -2.13. The van der Waals surface area contributed by atoms with E-state index in [1.54, 1.807) is 0 Å². The molecular formula is C11H13IO. The Morgan fingerprint density at radius 3 is 3.15 bits per heavy atom. The molecule has 1 unspecified atom stereocenters. The minimum atomic E-state index is 0.707. The molecule has 0 N–H and O–H groups in total. The lowest BCUT2D eigenvalue weighted by Gasteiger charge is -2.25. The number of hydrogen-bond donors (Lipinski definition) is 0. The van der Waals surface area contributed by atoms with Crippen molar-refractivity contribution >= 4 is 22.6 Å². The number of halogens is 1. The Balaban J connectivity index is 2.41. The van der Waals surface area contributed by atoms with E-state index < -0.39 is 0 Å². The smallest absolute Gasteiger partial charge is 0.122 e. The van der Waals surface area contributed by atoms with Crippen molar-refractivity contribution in [3.63, 3.8) is 0 Å². The monoisotopic (exact) mass is 288 g/mol. The zero-order valence-electron chi connectivity index (χ0n) is 7.72. The molecule has 0 amide bonds. The molecule has 2 heteroatoms. The number of benzene rings is 1. The fraction of sp³-hybridized carbons (Fsp3) is 0.455. The van der Waals surface area contributed by atoms with E-state index in [4.69, 9.17) is 4.74 Å². The molecule has 0 saturated carbocycles. The predicted molar refractivity (Wildman–Crippen MR) is 62.3 cm³/mol. The molecule has 0 spiro atoms. The highest BCUT2D eigenvalue weighted by Gasteiger charge is 2.19. The van der Waals surface area contributed by atoms with E-state index in [-0.39, 0.29) is 0 Å². The number of hydrogen-bond acceptors (Lipinski definition) is 1. The third kappa shape index (κ3) is 1.82. The van der Waals surface area contributed by atoms with Crippen LogP contribution in [-0.4, -0.2) is 6.61 Å². The predicted octanol–water partition coefficient (Wildman–Crippen LogP) is 3.57. The lowest BCUT2D eigenvalue weighted by atomic mass is 9.91. The first-order valence-corrected chi connectivity index (χ1v) is 5.81. The van der Waals surface area contributed by atoms with Crippen molar-refractivity contribution in [2.24, 2.45) is 0 Å². The molecule has 0 fully saturated rings. The van der Waals surface area contributed by atoms with Crippen LogP contribution in [0.4, 0.5) is 0 Å². The molecule has 0 aromatic heterocycles. The lowest BCUT2D eigenvalue weighted by molar-refractivity contribution is 0.265. The first-order valence-electron chi connectivity index (χ1n) is 4.73. The summed E-state index contributed by atoms with van der Waals surface area (Å²) in [6.07, 6.45) is 2.39. The van der Waals surface area contributed by atoms with Crippen LogP contribution < -0.4 is 4.74 Å². The molecule has 1 aliphatic rings. The summed E-state index contributed by atoms with van der Waals surface area (Å²) in [5.74, 6) is 1.80. The van der Waals surface area contributed by atoms with Crippen LogP contribution in [0.25, 0.3) is 0 Å². The van der Waals surface area contributed by atoms with Gasteiger partial charge in [-0.15, -0.1) is 0 Å². The number of rotatable bonds is 1. The molecule has 70 valence electrons. The Bertz CT molecular complexity index is 309. The van der Waals surface area contributed by atoms with E-state index in [1.165, 1.54) is 22.0 Å². The second-order valence-corrected chi connectivity index (χ2v) is 4.67. The summed E-state index contributed by atoms with van der Waals surface area (Å²) < 4.78 is 6.91. The minimum absolute atomic E-state index is 0.707. The van der Waals surface area contributed by atoms with Gasteiger partial charge >= 0.3 is 0 Å². The molecule has 0 aliphatic carbocycles. The summed E-state index contributed by atoms with van der Waals surface area (Å²) in [6, 6.07) is 6.46. The highest BCUT2D eigenvalue weighted by atomic mass is 127. The van der Waals surface area contributed by atoms with E-state index in [0.29, 0.717) is 5.92 Å². The van der Waals surface area contributed by atoms with E-state index in [2.05, 4.69) is 47.7 Å². The number of ether oxygens (including phenoxy) is 1. The van der Waals surface area contributed by atoms with Crippen LogP contribution in [0.15, 0.2) is 18.2 Å². The maximum atomic E-state index is 5.61. The van der Waals surface area contributed by atoms with E-state index in [1.807, 2.05) is 0 Å². The van der Waals surface area contributed by atoms with E-state index in [0.717, 1.165) is 12.4 Å². The van der Waals surface area contributed by atoms with Gasteiger partial charge in [-0.1, -0.05) is 6.92 Å². The van der Waals surface area contributed by atoms with Crippen molar-refractivity contribution in [1.82, 2.24) is 0 Å². The van der Waals surface area contributed by atoms with Gasteiger partial charge in [-0.05, 0) is 65.1 Å². The van der Waals surface area contributed by atoms with Crippen molar-refractivity contribution in [3.05, 3.63) is 27.3 Å². The fourth-order valence-electron chi connectivity index (χ4n) is 1.86. The Morgan fingerprint density at radius 2 is 2.38 bits per heavy atom. The van der Waals surface area contributed by atoms with Gasteiger partial charge in [-0.25, -0.2) is 0 Å². The third-order valence-corrected chi connectivity index (χ3v) is 3.30. The largest absolute Gasteiger partial charge is 0.493 e. The Morgan fingerprint density at radius 1 is 1.54 bits per heavy atom. The quantitative estimate of drug-likeness (QED) is 0.718. The second-order valence-electron chi connectivity index (χ2n) is 3.42. The van der Waals surface area contributed by atoms with Gasteiger partial charge in [0.2, 0.25) is 0 Å². The third-order valence-electron chi connectivity index (χ3n) is 2.63. The van der Waals surface area contributed by atoms with Gasteiger partial charge in [0.25, 0.3) is 0 Å². The first-order chi connectivity index (χ1) is 6.31. The maximum Gasteiger partial charge on any atom is 0.122 e. The van der Waals surface area contributed by atoms with E-state index >= 15 is 0 Å². The molecule has 2 rings (SSSR count). The van der Waals surface area contributed by atoms with Crippen LogP contribution in [0.1, 0.15) is 31.2 Å². The standard InChI is InChI=1S/C11H13IO/c1-2-8-5-6-13-11-4-3-9(12)7-10(8)11/h3-4,7-8H,2,5-6H2,1H3. The summed E-state index contributed by atoms with van der Waals surface area (Å²) in [6.45, 7) is 3.13. The van der Waals surface area contributed by atoms with Crippen molar-refractivity contribution in [2.75, 3.05) is 6.61 Å². The van der Waals surface area contributed by atoms with Crippen LogP contribution >= 0.6 is 22.6 Å². The zero-order chi connectivity index (χ0) is 9.26. The molecule has 0 radical (unpaired) electrons. The topological polar surface area (TPSA) is 9.23 Å². The van der Waals surface area contributed by atoms with Crippen LogP contribution in [0.3, 0.4) is 0 Å². The molecular weight excluding hydrogens is 275 g/mol. The zero-order valence-corrected chi connectivity index (χ0v) is 9.87. The minimum Gasteiger partial charge on any atom is -0.493 e. The van der Waals surface area contributed by atoms with Crippen LogP contribution in [0.2, 0.25) is 0 Å². The molecule has 0 saturated heterocycles. The average molecular weight is 288 g/mol. The van der Waals surface area contributed by atoms with E-state index in [9.17, 15) is 0 Å². The fourth-order valence-corrected chi connectivity index (χ4v) is 2.38. The highest BCUT2D eigenvalue weighted by molar-refractivity contribution is 14.1. The first kappa shape index (κ1) is 9.31. The molecule has 1 atom stereocenters. The molecule has 13 heavy (non-hydrogen) atoms. The molecule has 0 bridgehead atoms. The maximum absolute atomic E-state index is 5.61. The molecule has 1 aromatic rings. The molecule has 1 nitrogen and oxygen atoms in total. The molecule has 1 aromatic carbocycles. The Labute approximate surface area is 92.6 Å². The normalized spacial score (nSPS) is 20.6. The van der Waals surface area contributed by atoms with Crippen molar-refractivity contribution in [2.45, 2.75) is 25.7 Å². The van der Waals surface area contributed by atoms with Gasteiger partial charge in [0.05, 0.1) is 6.61 Å². The van der Waals surface area contributed by atoms with Crippen molar-refractivity contribution in [3.8, 4) is 5.75 Å². The van der Waals surface area contributed by atoms with Crippen molar-refractivity contribution in [1.29, 1.82) is 0 Å². The highest BCUT2D eigenvalue weighted by Crippen LogP contribution is 2.36. The van der Waals surface area contributed by atoms with Crippen LogP contribution in [-0.2, 0) is 0 Å². The summed E-state index contributed by atoms with van der Waals surface area (Å²) >= 11 is 2.36. The summed E-state index contributed by atoms with van der Waals surface area (Å²) in [5, 5.41) is 0. The van der Waals surface area contributed by atoms with Gasteiger partial charge in [0.15, 0.2) is 0 Å². The Kier molecular flexibility index (Phi) is 2.77. The van der Waals surface area contributed by atoms with Crippen LogP contribution in [0.5, 0.6) is 5.75 Å². The number of fused-ring (bicyclic) bond motifs is 1. The summed E-state index contributed by atoms with van der Waals surface area (Å²) in [7, 11) is 0. The average Bonchev–Trinajstić information content (AvgIpc) is 2.17. The molecule has 1 heterocycles. The Hall–Kier alpha value is -0.250.